The topological polar surface area (TPSA) is 123 Å². The van der Waals surface area contributed by atoms with E-state index in [2.05, 4.69) is 9.71 Å². The van der Waals surface area contributed by atoms with E-state index in [4.69, 9.17) is 4.74 Å². The summed E-state index contributed by atoms with van der Waals surface area (Å²) in [5.41, 5.74) is 0.652. The normalized spacial score (nSPS) is 19.0. The number of aromatic nitrogens is 1. The van der Waals surface area contributed by atoms with Gasteiger partial charge in [-0.15, -0.1) is 0 Å². The van der Waals surface area contributed by atoms with E-state index in [0.717, 1.165) is 6.07 Å². The zero-order valence-electron chi connectivity index (χ0n) is 15.2. The van der Waals surface area contributed by atoms with Gasteiger partial charge in [0.15, 0.2) is 0 Å². The first kappa shape index (κ1) is 20.2. The molecule has 0 aliphatic carbocycles. The summed E-state index contributed by atoms with van der Waals surface area (Å²) in [4.78, 5) is 15.9. The zero-order valence-corrected chi connectivity index (χ0v) is 16.8. The molecule has 0 spiro atoms. The fourth-order valence-corrected chi connectivity index (χ4v) is 5.86. The Bertz CT molecular complexity index is 1100. The molecule has 3 rings (SSSR count). The molecule has 0 saturated carbocycles. The van der Waals surface area contributed by atoms with E-state index in [1.807, 2.05) is 0 Å². The number of nitrogens with one attached hydrogen (secondary N) is 1. The monoisotopic (exact) mass is 425 g/mol. The molecule has 0 radical (unpaired) electrons. The van der Waals surface area contributed by atoms with Gasteiger partial charge in [-0.3, -0.25) is 9.78 Å². The minimum Gasteiger partial charge on any atom is -0.495 e. The predicted molar refractivity (Wildman–Crippen MR) is 102 cm³/mol. The van der Waals surface area contributed by atoms with Crippen LogP contribution in [0.2, 0.25) is 0 Å². The number of carbonyl (C=O) groups excluding carboxylic acids is 1. The highest BCUT2D eigenvalue weighted by molar-refractivity contribution is 7.94. The molecular formula is C17H19N3O6S2. The number of hydrogen-bond donors (Lipinski definition) is 1. The maximum Gasteiger partial charge on any atom is 0.244 e. The van der Waals surface area contributed by atoms with Crippen LogP contribution in [-0.2, 0) is 31.4 Å². The fourth-order valence-electron chi connectivity index (χ4n) is 2.85. The quantitative estimate of drug-likeness (QED) is 0.729. The zero-order chi connectivity index (χ0) is 20.5. The largest absolute Gasteiger partial charge is 0.495 e. The first-order valence-corrected chi connectivity index (χ1v) is 11.4. The van der Waals surface area contributed by atoms with Crippen molar-refractivity contribution in [3.05, 3.63) is 48.3 Å². The van der Waals surface area contributed by atoms with Crippen molar-refractivity contribution in [1.82, 2.24) is 9.71 Å². The number of hydrogen-bond acceptors (Lipinski definition) is 7. The minimum atomic E-state index is -4.05. The SMILES string of the molecule is COc1ccc(N2C(=O)[C@@H](C)CS2(=O)=O)cc1S(=O)(=O)NCc1ccncc1. The predicted octanol–water partition coefficient (Wildman–Crippen LogP) is 0.881. The van der Waals surface area contributed by atoms with Crippen LogP contribution in [0.3, 0.4) is 0 Å². The first-order valence-electron chi connectivity index (χ1n) is 8.29. The van der Waals surface area contributed by atoms with Crippen LogP contribution in [-0.4, -0.2) is 40.6 Å². The highest BCUT2D eigenvalue weighted by atomic mass is 32.2. The van der Waals surface area contributed by atoms with E-state index >= 15 is 0 Å². The van der Waals surface area contributed by atoms with Gasteiger partial charge < -0.3 is 4.74 Å². The van der Waals surface area contributed by atoms with Gasteiger partial charge in [-0.2, -0.15) is 0 Å². The number of rotatable bonds is 6. The number of anilines is 1. The second-order valence-corrected chi connectivity index (χ2v) is 9.90. The van der Waals surface area contributed by atoms with E-state index in [9.17, 15) is 21.6 Å². The molecule has 1 aromatic carbocycles. The van der Waals surface area contributed by atoms with E-state index < -0.39 is 31.9 Å². The van der Waals surface area contributed by atoms with Gasteiger partial charge in [0.1, 0.15) is 10.6 Å². The van der Waals surface area contributed by atoms with Crippen LogP contribution in [0.25, 0.3) is 0 Å². The van der Waals surface area contributed by atoms with Crippen LogP contribution in [0.4, 0.5) is 5.69 Å². The van der Waals surface area contributed by atoms with Crippen molar-refractivity contribution in [3.63, 3.8) is 0 Å². The molecule has 0 bridgehead atoms. The third kappa shape index (κ3) is 3.86. The molecular weight excluding hydrogens is 406 g/mol. The Hall–Kier alpha value is -2.50. The van der Waals surface area contributed by atoms with Crippen molar-refractivity contribution in [2.24, 2.45) is 5.92 Å². The Morgan fingerprint density at radius 2 is 1.93 bits per heavy atom. The number of ether oxygens (including phenoxy) is 1. The van der Waals surface area contributed by atoms with Crippen LogP contribution in [0, 0.1) is 5.92 Å². The molecule has 0 unspecified atom stereocenters. The van der Waals surface area contributed by atoms with Crippen molar-refractivity contribution >= 4 is 31.6 Å². The second-order valence-electron chi connectivity index (χ2n) is 6.30. The van der Waals surface area contributed by atoms with Gasteiger partial charge in [0.2, 0.25) is 26.0 Å². The summed E-state index contributed by atoms with van der Waals surface area (Å²) in [6, 6.07) is 7.11. The van der Waals surface area contributed by atoms with Gasteiger partial charge in [0, 0.05) is 18.9 Å². The molecule has 2 heterocycles. The molecule has 1 aliphatic rings. The Labute approximate surface area is 163 Å². The molecule has 28 heavy (non-hydrogen) atoms. The lowest BCUT2D eigenvalue weighted by Crippen LogP contribution is -2.31. The number of sulfonamides is 2. The number of methoxy groups -OCH3 is 1. The lowest BCUT2D eigenvalue weighted by atomic mass is 10.2. The third-order valence-corrected chi connectivity index (χ3v) is 7.54. The van der Waals surface area contributed by atoms with Crippen LogP contribution in [0.5, 0.6) is 5.75 Å². The molecule has 2 aromatic rings. The number of carbonyl (C=O) groups is 1. The summed E-state index contributed by atoms with van der Waals surface area (Å²) >= 11 is 0. The van der Waals surface area contributed by atoms with Crippen LogP contribution in [0.1, 0.15) is 12.5 Å². The van der Waals surface area contributed by atoms with E-state index in [-0.39, 0.29) is 28.6 Å². The minimum absolute atomic E-state index is 0.0101. The molecule has 150 valence electrons. The molecule has 11 heteroatoms. The second kappa shape index (κ2) is 7.49. The van der Waals surface area contributed by atoms with Crippen molar-refractivity contribution in [3.8, 4) is 5.75 Å². The van der Waals surface area contributed by atoms with Crippen molar-refractivity contribution < 1.29 is 26.4 Å². The summed E-state index contributed by atoms with van der Waals surface area (Å²) in [7, 11) is -6.60. The summed E-state index contributed by atoms with van der Waals surface area (Å²) in [6.45, 7) is 1.52. The Morgan fingerprint density at radius 3 is 2.50 bits per heavy atom. The van der Waals surface area contributed by atoms with E-state index in [0.29, 0.717) is 9.87 Å². The van der Waals surface area contributed by atoms with Gasteiger partial charge in [-0.05, 0) is 35.9 Å². The van der Waals surface area contributed by atoms with Crippen molar-refractivity contribution in [2.75, 3.05) is 17.2 Å². The van der Waals surface area contributed by atoms with E-state index in [1.54, 1.807) is 12.1 Å². The molecule has 1 atom stereocenters. The maximum absolute atomic E-state index is 12.8. The number of amides is 1. The number of nitrogens with zero attached hydrogens (tertiary/aromatic N) is 2. The highest BCUT2D eigenvalue weighted by Crippen LogP contribution is 2.33. The smallest absolute Gasteiger partial charge is 0.244 e. The lowest BCUT2D eigenvalue weighted by molar-refractivity contribution is -0.119. The van der Waals surface area contributed by atoms with Crippen LogP contribution >= 0.6 is 0 Å². The number of benzene rings is 1. The Balaban J connectivity index is 1.98. The number of pyridine rings is 1. The third-order valence-electron chi connectivity index (χ3n) is 4.25. The Kier molecular flexibility index (Phi) is 5.41. The van der Waals surface area contributed by atoms with Crippen molar-refractivity contribution in [2.45, 2.75) is 18.4 Å². The molecule has 1 saturated heterocycles. The van der Waals surface area contributed by atoms with Crippen LogP contribution in [0.15, 0.2) is 47.6 Å². The van der Waals surface area contributed by atoms with Crippen LogP contribution < -0.4 is 13.8 Å². The average Bonchev–Trinajstić information content (AvgIpc) is 2.87. The van der Waals surface area contributed by atoms with Gasteiger partial charge in [-0.25, -0.2) is 25.9 Å². The average molecular weight is 425 g/mol. The summed E-state index contributed by atoms with van der Waals surface area (Å²) < 4.78 is 58.4. The van der Waals surface area contributed by atoms with Crippen molar-refractivity contribution in [1.29, 1.82) is 0 Å². The fraction of sp³-hybridized carbons (Fsp3) is 0.294. The van der Waals surface area contributed by atoms with E-state index in [1.165, 1.54) is 38.6 Å². The lowest BCUT2D eigenvalue weighted by Gasteiger charge is -2.18. The van der Waals surface area contributed by atoms with Gasteiger partial charge in [0.25, 0.3) is 0 Å². The highest BCUT2D eigenvalue weighted by Gasteiger charge is 2.42. The molecule has 1 amide bonds. The standard InChI is InChI=1S/C17H19N3O6S2/c1-12-11-27(22,23)20(17(12)21)14-3-4-15(26-2)16(9-14)28(24,25)19-10-13-5-7-18-8-6-13/h3-9,12,19H,10-11H2,1-2H3/t12-/m0/s1. The maximum atomic E-state index is 12.8. The van der Waals surface area contributed by atoms with Gasteiger partial charge in [-0.1, -0.05) is 6.92 Å². The first-order chi connectivity index (χ1) is 13.2. The molecule has 1 aromatic heterocycles. The van der Waals surface area contributed by atoms with Gasteiger partial charge in [0.05, 0.1) is 24.5 Å². The Morgan fingerprint density at radius 1 is 1.25 bits per heavy atom. The summed E-state index contributed by atoms with van der Waals surface area (Å²) in [6.07, 6.45) is 3.08. The van der Waals surface area contributed by atoms with Gasteiger partial charge >= 0.3 is 0 Å². The summed E-state index contributed by atoms with van der Waals surface area (Å²) in [5.74, 6) is -1.58. The summed E-state index contributed by atoms with van der Waals surface area (Å²) in [5, 5.41) is 0. The molecule has 1 aliphatic heterocycles. The molecule has 1 fully saturated rings. The molecule has 9 nitrogen and oxygen atoms in total. The molecule has 1 N–H and O–H groups in total.